The van der Waals surface area contributed by atoms with Gasteiger partial charge in [0.1, 0.15) is 19.3 Å². The van der Waals surface area contributed by atoms with Crippen molar-refractivity contribution in [3.8, 4) is 5.75 Å². The minimum Gasteiger partial charge on any atom is -0.487 e. The number of ether oxygens (including phenoxy) is 2. The Balaban J connectivity index is 1.85. The number of hydrogen-bond acceptors (Lipinski definition) is 5. The van der Waals surface area contributed by atoms with Crippen LogP contribution >= 0.6 is 11.6 Å². The van der Waals surface area contributed by atoms with E-state index in [9.17, 15) is 4.79 Å². The molecule has 2 rings (SSSR count). The molecule has 1 amide bonds. The maximum absolute atomic E-state index is 12.1. The molecular formula is C16H21ClN4O3. The van der Waals surface area contributed by atoms with E-state index in [1.54, 1.807) is 29.2 Å². The number of carbonyl (C=O) groups excluding carboxylic acids is 1. The maximum atomic E-state index is 12.1. The monoisotopic (exact) mass is 352 g/mol. The molecule has 0 aliphatic heterocycles. The summed E-state index contributed by atoms with van der Waals surface area (Å²) in [7, 11) is 0. The molecule has 0 aliphatic carbocycles. The molecule has 8 heteroatoms. The topological polar surface area (TPSA) is 78.3 Å². The van der Waals surface area contributed by atoms with Crippen molar-refractivity contribution in [3.63, 3.8) is 0 Å². The van der Waals surface area contributed by atoms with Gasteiger partial charge >= 0.3 is 0 Å². The summed E-state index contributed by atoms with van der Waals surface area (Å²) in [6, 6.07) is 5.25. The average molecular weight is 353 g/mol. The van der Waals surface area contributed by atoms with Crippen molar-refractivity contribution >= 4 is 23.2 Å². The molecular weight excluding hydrogens is 332 g/mol. The number of aryl methyl sites for hydroxylation is 1. The summed E-state index contributed by atoms with van der Waals surface area (Å²) in [4.78, 5) is 16.0. The van der Waals surface area contributed by atoms with Crippen molar-refractivity contribution in [2.75, 3.05) is 25.1 Å². The highest BCUT2D eigenvalue weighted by Crippen LogP contribution is 2.33. The normalized spacial score (nSPS) is 10.6. The van der Waals surface area contributed by atoms with Gasteiger partial charge in [-0.05, 0) is 25.5 Å². The molecule has 1 aromatic heterocycles. The fraction of sp³-hybridized carbons (Fsp3) is 0.438. The van der Waals surface area contributed by atoms with Gasteiger partial charge in [-0.25, -0.2) is 4.98 Å². The molecule has 0 atom stereocenters. The Kier molecular flexibility index (Phi) is 7.51. The summed E-state index contributed by atoms with van der Waals surface area (Å²) in [6.07, 6.45) is 4.12. The highest BCUT2D eigenvalue weighted by Gasteiger charge is 2.11. The van der Waals surface area contributed by atoms with Gasteiger partial charge in [0.25, 0.3) is 0 Å². The van der Waals surface area contributed by atoms with E-state index in [1.165, 1.54) is 6.33 Å². The van der Waals surface area contributed by atoms with Gasteiger partial charge in [-0.3, -0.25) is 9.48 Å². The van der Waals surface area contributed by atoms with Crippen LogP contribution in [0, 0.1) is 0 Å². The van der Waals surface area contributed by atoms with Crippen LogP contribution in [0.4, 0.5) is 5.69 Å². The van der Waals surface area contributed by atoms with Crippen LogP contribution in [0.2, 0.25) is 5.02 Å². The smallest absolute Gasteiger partial charge is 0.224 e. The van der Waals surface area contributed by atoms with Gasteiger partial charge in [0.15, 0.2) is 5.75 Å². The zero-order valence-corrected chi connectivity index (χ0v) is 14.3. The van der Waals surface area contributed by atoms with Crippen LogP contribution in [0.25, 0.3) is 0 Å². The van der Waals surface area contributed by atoms with E-state index in [0.29, 0.717) is 55.7 Å². The fourth-order valence-electron chi connectivity index (χ4n) is 2.06. The second kappa shape index (κ2) is 9.89. The highest BCUT2D eigenvalue weighted by atomic mass is 35.5. The molecule has 1 N–H and O–H groups in total. The van der Waals surface area contributed by atoms with Crippen molar-refractivity contribution < 1.29 is 14.3 Å². The summed E-state index contributed by atoms with van der Waals surface area (Å²) in [5, 5.41) is 7.28. The van der Waals surface area contributed by atoms with E-state index in [0.717, 1.165) is 0 Å². The van der Waals surface area contributed by atoms with Crippen LogP contribution < -0.4 is 10.1 Å². The number of rotatable bonds is 10. The predicted molar refractivity (Wildman–Crippen MR) is 91.3 cm³/mol. The van der Waals surface area contributed by atoms with E-state index in [1.807, 2.05) is 6.92 Å². The molecule has 0 unspecified atom stereocenters. The van der Waals surface area contributed by atoms with E-state index in [-0.39, 0.29) is 5.91 Å². The summed E-state index contributed by atoms with van der Waals surface area (Å²) in [5.41, 5.74) is 0.560. The minimum absolute atomic E-state index is 0.105. The van der Waals surface area contributed by atoms with Gasteiger partial charge < -0.3 is 14.8 Å². The van der Waals surface area contributed by atoms with Crippen LogP contribution in [0.15, 0.2) is 30.9 Å². The lowest BCUT2D eigenvalue weighted by molar-refractivity contribution is -0.116. The standard InChI is InChI=1S/C16H21ClN4O3/c1-2-23-9-10-24-16-13(17)5-3-6-14(16)20-15(22)7-4-8-21-12-18-11-19-21/h3,5-6,11-12H,2,4,7-10H2,1H3,(H,20,22). The summed E-state index contributed by atoms with van der Waals surface area (Å²) in [6.45, 7) is 4.02. The minimum atomic E-state index is -0.105. The Hall–Kier alpha value is -2.12. The van der Waals surface area contributed by atoms with Crippen LogP contribution in [0.1, 0.15) is 19.8 Å². The summed E-state index contributed by atoms with van der Waals surface area (Å²) < 4.78 is 12.6. The van der Waals surface area contributed by atoms with E-state index >= 15 is 0 Å². The van der Waals surface area contributed by atoms with Crippen LogP contribution in [0.3, 0.4) is 0 Å². The highest BCUT2D eigenvalue weighted by molar-refractivity contribution is 6.32. The third-order valence-electron chi connectivity index (χ3n) is 3.18. The van der Waals surface area contributed by atoms with Crippen molar-refractivity contribution in [1.29, 1.82) is 0 Å². The Morgan fingerprint density at radius 1 is 1.38 bits per heavy atom. The Bertz CT molecular complexity index is 634. The molecule has 130 valence electrons. The first-order valence-corrected chi connectivity index (χ1v) is 8.19. The molecule has 0 radical (unpaired) electrons. The zero-order chi connectivity index (χ0) is 17.2. The maximum Gasteiger partial charge on any atom is 0.224 e. The molecule has 2 aromatic rings. The van der Waals surface area contributed by atoms with Crippen molar-refractivity contribution in [1.82, 2.24) is 14.8 Å². The van der Waals surface area contributed by atoms with E-state index < -0.39 is 0 Å². The molecule has 0 saturated heterocycles. The lowest BCUT2D eigenvalue weighted by Gasteiger charge is -2.14. The number of anilines is 1. The van der Waals surface area contributed by atoms with Gasteiger partial charge in [-0.1, -0.05) is 17.7 Å². The molecule has 1 aromatic carbocycles. The fourth-order valence-corrected chi connectivity index (χ4v) is 2.29. The molecule has 0 saturated carbocycles. The van der Waals surface area contributed by atoms with Gasteiger partial charge in [0.2, 0.25) is 5.91 Å². The SMILES string of the molecule is CCOCCOc1c(Cl)cccc1NC(=O)CCCn1cncn1. The number of halogens is 1. The first-order chi connectivity index (χ1) is 11.7. The third kappa shape index (κ3) is 5.82. The van der Waals surface area contributed by atoms with Gasteiger partial charge in [0.05, 0.1) is 17.3 Å². The first-order valence-electron chi connectivity index (χ1n) is 7.82. The predicted octanol–water partition coefficient (Wildman–Crippen LogP) is 2.77. The van der Waals surface area contributed by atoms with Gasteiger partial charge in [-0.2, -0.15) is 5.10 Å². The number of para-hydroxylation sites is 1. The number of benzene rings is 1. The number of nitrogens with zero attached hydrogens (tertiary/aromatic N) is 3. The second-order valence-electron chi connectivity index (χ2n) is 4.97. The van der Waals surface area contributed by atoms with Crippen LogP contribution in [-0.2, 0) is 16.1 Å². The quantitative estimate of drug-likeness (QED) is 0.665. The number of aromatic nitrogens is 3. The van der Waals surface area contributed by atoms with Crippen molar-refractivity contribution in [2.45, 2.75) is 26.3 Å². The van der Waals surface area contributed by atoms with Crippen LogP contribution in [0.5, 0.6) is 5.75 Å². The number of hydrogen-bond donors (Lipinski definition) is 1. The van der Waals surface area contributed by atoms with E-state index in [4.69, 9.17) is 21.1 Å². The number of amides is 1. The lowest BCUT2D eigenvalue weighted by Crippen LogP contribution is -2.14. The Labute approximate surface area is 145 Å². The Morgan fingerprint density at radius 2 is 2.25 bits per heavy atom. The van der Waals surface area contributed by atoms with Gasteiger partial charge in [-0.15, -0.1) is 0 Å². The first kappa shape index (κ1) is 18.2. The Morgan fingerprint density at radius 3 is 3.00 bits per heavy atom. The number of carbonyl (C=O) groups is 1. The summed E-state index contributed by atoms with van der Waals surface area (Å²) >= 11 is 6.16. The third-order valence-corrected chi connectivity index (χ3v) is 3.47. The molecule has 0 bridgehead atoms. The zero-order valence-electron chi connectivity index (χ0n) is 13.6. The van der Waals surface area contributed by atoms with Crippen LogP contribution in [-0.4, -0.2) is 40.5 Å². The molecule has 0 fully saturated rings. The molecule has 0 aliphatic rings. The average Bonchev–Trinajstić information content (AvgIpc) is 3.07. The molecule has 7 nitrogen and oxygen atoms in total. The molecule has 24 heavy (non-hydrogen) atoms. The van der Waals surface area contributed by atoms with Gasteiger partial charge in [0, 0.05) is 19.6 Å². The second-order valence-corrected chi connectivity index (χ2v) is 5.38. The molecule has 0 spiro atoms. The lowest BCUT2D eigenvalue weighted by atomic mass is 10.2. The number of nitrogens with one attached hydrogen (secondary N) is 1. The summed E-state index contributed by atoms with van der Waals surface area (Å²) in [5.74, 6) is 0.357. The van der Waals surface area contributed by atoms with E-state index in [2.05, 4.69) is 15.4 Å². The molecule has 1 heterocycles. The van der Waals surface area contributed by atoms with Crippen molar-refractivity contribution in [2.24, 2.45) is 0 Å². The van der Waals surface area contributed by atoms with Crippen molar-refractivity contribution in [3.05, 3.63) is 35.9 Å². The largest absolute Gasteiger partial charge is 0.487 e.